The summed E-state index contributed by atoms with van der Waals surface area (Å²) in [7, 11) is -4.03. The lowest BCUT2D eigenvalue weighted by Crippen LogP contribution is -2.26. The molecule has 1 aliphatic carbocycles. The van der Waals surface area contributed by atoms with Crippen molar-refractivity contribution in [1.82, 2.24) is 4.90 Å². The molecule has 5 rings (SSSR count). The van der Waals surface area contributed by atoms with Crippen molar-refractivity contribution in [3.63, 3.8) is 0 Å². The van der Waals surface area contributed by atoms with E-state index in [9.17, 15) is 17.6 Å². The summed E-state index contributed by atoms with van der Waals surface area (Å²) >= 11 is 0. The van der Waals surface area contributed by atoms with Crippen LogP contribution in [0.15, 0.2) is 65.6 Å². The normalized spacial score (nSPS) is 15.2. The number of rotatable bonds is 9. The fourth-order valence-corrected chi connectivity index (χ4v) is 5.86. The van der Waals surface area contributed by atoms with E-state index in [-0.39, 0.29) is 28.3 Å². The second kappa shape index (κ2) is 10.6. The molecule has 0 unspecified atom stereocenters. The fraction of sp³-hybridized carbons (Fsp3) is 0.387. The van der Waals surface area contributed by atoms with Gasteiger partial charge in [-0.1, -0.05) is 63.9 Å². The van der Waals surface area contributed by atoms with Gasteiger partial charge in [-0.05, 0) is 64.3 Å². The number of amides is 1. The molecule has 1 fully saturated rings. The van der Waals surface area contributed by atoms with Crippen LogP contribution in [-0.4, -0.2) is 25.8 Å². The lowest BCUT2D eigenvalue weighted by atomic mass is 9.86. The van der Waals surface area contributed by atoms with Crippen LogP contribution in [0.3, 0.4) is 0 Å². The molecule has 8 heteroatoms. The molecule has 0 saturated heterocycles. The van der Waals surface area contributed by atoms with E-state index < -0.39 is 15.8 Å². The summed E-state index contributed by atoms with van der Waals surface area (Å²) < 4.78 is 48.7. The highest BCUT2D eigenvalue weighted by Crippen LogP contribution is 2.33. The van der Waals surface area contributed by atoms with Crippen LogP contribution in [-0.2, 0) is 39.7 Å². The molecule has 3 aromatic rings. The molecule has 1 amide bonds. The summed E-state index contributed by atoms with van der Waals surface area (Å²) in [6.07, 6.45) is 3.68. The lowest BCUT2D eigenvalue weighted by Gasteiger charge is -2.19. The first-order valence-corrected chi connectivity index (χ1v) is 14.9. The maximum absolute atomic E-state index is 14.7. The molecule has 1 aliphatic heterocycles. The highest BCUT2D eigenvalue weighted by Gasteiger charge is 2.26. The first-order chi connectivity index (χ1) is 18.5. The lowest BCUT2D eigenvalue weighted by molar-refractivity contribution is -0.131. The molecule has 0 bridgehead atoms. The zero-order chi connectivity index (χ0) is 27.8. The van der Waals surface area contributed by atoms with Crippen LogP contribution in [0.1, 0.15) is 62.3 Å². The van der Waals surface area contributed by atoms with Crippen LogP contribution in [0, 0.1) is 11.7 Å². The fourth-order valence-electron chi connectivity index (χ4n) is 4.75. The van der Waals surface area contributed by atoms with E-state index in [1.165, 1.54) is 36.6 Å². The van der Waals surface area contributed by atoms with Gasteiger partial charge in [0.2, 0.25) is 5.91 Å². The smallest absolute Gasteiger partial charge is 0.261 e. The summed E-state index contributed by atoms with van der Waals surface area (Å²) in [5, 5.41) is 0. The number of carbonyl (C=O) groups is 1. The number of nitrogens with zero attached hydrogens (tertiary/aromatic N) is 1. The number of benzene rings is 3. The van der Waals surface area contributed by atoms with E-state index in [4.69, 9.17) is 4.74 Å². The van der Waals surface area contributed by atoms with Gasteiger partial charge in [-0.2, -0.15) is 0 Å². The molecule has 0 radical (unpaired) electrons. The second-order valence-electron chi connectivity index (χ2n) is 11.6. The summed E-state index contributed by atoms with van der Waals surface area (Å²) in [6.45, 7) is 7.73. The Morgan fingerprint density at radius 2 is 1.72 bits per heavy atom. The van der Waals surface area contributed by atoms with E-state index >= 15 is 0 Å². The average molecular weight is 551 g/mol. The molecule has 0 aromatic heterocycles. The molecule has 0 atom stereocenters. The quantitative estimate of drug-likeness (QED) is 0.345. The van der Waals surface area contributed by atoms with Crippen molar-refractivity contribution in [2.24, 2.45) is 5.92 Å². The Bertz CT molecular complexity index is 1480. The van der Waals surface area contributed by atoms with Gasteiger partial charge in [0, 0.05) is 19.2 Å². The zero-order valence-electron chi connectivity index (χ0n) is 22.7. The number of carbonyl (C=O) groups excluding carboxylic acids is 1. The first kappa shape index (κ1) is 27.2. The summed E-state index contributed by atoms with van der Waals surface area (Å²) in [5.41, 5.74) is 3.74. The summed E-state index contributed by atoms with van der Waals surface area (Å²) in [5.74, 6) is 0.377. The van der Waals surface area contributed by atoms with E-state index in [0.29, 0.717) is 31.4 Å². The minimum absolute atomic E-state index is 0.0150. The number of fused-ring (bicyclic) bond motifs is 1. The topological polar surface area (TPSA) is 75.7 Å². The van der Waals surface area contributed by atoms with Crippen LogP contribution < -0.4 is 9.46 Å². The third kappa shape index (κ3) is 6.61. The van der Waals surface area contributed by atoms with Gasteiger partial charge >= 0.3 is 0 Å². The minimum atomic E-state index is -4.03. The number of nitrogens with one attached hydrogen (secondary N) is 1. The van der Waals surface area contributed by atoms with Crippen molar-refractivity contribution in [3.8, 4) is 5.75 Å². The van der Waals surface area contributed by atoms with E-state index in [2.05, 4.69) is 37.6 Å². The second-order valence-corrected chi connectivity index (χ2v) is 13.3. The van der Waals surface area contributed by atoms with Crippen molar-refractivity contribution in [2.75, 3.05) is 11.3 Å². The van der Waals surface area contributed by atoms with E-state index in [0.717, 1.165) is 23.1 Å². The van der Waals surface area contributed by atoms with Crippen molar-refractivity contribution in [1.29, 1.82) is 0 Å². The highest BCUT2D eigenvalue weighted by molar-refractivity contribution is 7.92. The van der Waals surface area contributed by atoms with E-state index in [1.54, 1.807) is 23.1 Å². The number of sulfonamides is 1. The third-order valence-electron chi connectivity index (χ3n) is 7.42. The number of hydrogen-bond acceptors (Lipinski definition) is 4. The average Bonchev–Trinajstić information content (AvgIpc) is 3.60. The van der Waals surface area contributed by atoms with Gasteiger partial charge in [-0.25, -0.2) is 12.8 Å². The number of halogens is 1. The Morgan fingerprint density at radius 3 is 2.38 bits per heavy atom. The van der Waals surface area contributed by atoms with Gasteiger partial charge in [0.1, 0.15) is 5.75 Å². The van der Waals surface area contributed by atoms with Gasteiger partial charge in [0.25, 0.3) is 10.0 Å². The number of anilines is 1. The van der Waals surface area contributed by atoms with Gasteiger partial charge in [-0.15, -0.1) is 0 Å². The SMILES string of the molecule is CC(C)(C)c1ccc(CC(=O)N2Cc3ccc(S(=O)(=O)Nc4ccc(OCCC5CC5)cc4F)cc3C2)cc1. The highest BCUT2D eigenvalue weighted by atomic mass is 32.2. The maximum atomic E-state index is 14.7. The molecular formula is C31H35FN2O4S. The Balaban J connectivity index is 1.21. The van der Waals surface area contributed by atoms with Crippen molar-refractivity contribution in [2.45, 2.75) is 69.9 Å². The predicted octanol–water partition coefficient (Wildman–Crippen LogP) is 6.19. The van der Waals surface area contributed by atoms with Crippen molar-refractivity contribution in [3.05, 3.63) is 88.7 Å². The Morgan fingerprint density at radius 1 is 1.00 bits per heavy atom. The van der Waals surface area contributed by atoms with Gasteiger partial charge in [0.15, 0.2) is 5.82 Å². The molecule has 39 heavy (non-hydrogen) atoms. The van der Waals surface area contributed by atoms with Crippen molar-refractivity contribution >= 4 is 21.6 Å². The molecule has 1 N–H and O–H groups in total. The van der Waals surface area contributed by atoms with Gasteiger partial charge in [-0.3, -0.25) is 9.52 Å². The molecule has 1 heterocycles. The molecule has 6 nitrogen and oxygen atoms in total. The largest absolute Gasteiger partial charge is 0.493 e. The Labute approximate surface area is 230 Å². The third-order valence-corrected chi connectivity index (χ3v) is 8.78. The van der Waals surface area contributed by atoms with Crippen molar-refractivity contribution < 1.29 is 22.3 Å². The van der Waals surface area contributed by atoms with Crippen LogP contribution in [0.25, 0.3) is 0 Å². The number of hydrogen-bond donors (Lipinski definition) is 1. The van der Waals surface area contributed by atoms with Gasteiger partial charge < -0.3 is 9.64 Å². The van der Waals surface area contributed by atoms with Crippen LogP contribution in [0.4, 0.5) is 10.1 Å². The van der Waals surface area contributed by atoms with Crippen LogP contribution in [0.2, 0.25) is 0 Å². The van der Waals surface area contributed by atoms with Crippen LogP contribution in [0.5, 0.6) is 5.75 Å². The zero-order valence-corrected chi connectivity index (χ0v) is 23.5. The monoisotopic (exact) mass is 550 g/mol. The molecule has 3 aromatic carbocycles. The number of ether oxygens (including phenoxy) is 1. The Hall–Kier alpha value is -3.39. The summed E-state index contributed by atoms with van der Waals surface area (Å²) in [6, 6.07) is 17.0. The molecule has 206 valence electrons. The standard InChI is InChI=1S/C31H35FN2O4S/c1-31(2,3)25-9-6-22(7-10-25)16-30(35)34-19-23-8-12-27(17-24(23)20-34)39(36,37)33-29-13-11-26(18-28(29)32)38-15-14-21-4-5-21/h6-13,17-18,21,33H,4-5,14-16,19-20H2,1-3H3. The first-order valence-electron chi connectivity index (χ1n) is 13.4. The Kier molecular flexibility index (Phi) is 7.42. The molecule has 1 saturated carbocycles. The maximum Gasteiger partial charge on any atom is 0.261 e. The molecule has 0 spiro atoms. The molecule has 2 aliphatic rings. The van der Waals surface area contributed by atoms with E-state index in [1.807, 2.05) is 12.1 Å². The minimum Gasteiger partial charge on any atom is -0.493 e. The predicted molar refractivity (Wildman–Crippen MR) is 150 cm³/mol. The summed E-state index contributed by atoms with van der Waals surface area (Å²) in [4.78, 5) is 14.8. The van der Waals surface area contributed by atoms with Crippen LogP contribution >= 0.6 is 0 Å². The van der Waals surface area contributed by atoms with Gasteiger partial charge in [0.05, 0.1) is 23.6 Å². The molecular weight excluding hydrogens is 515 g/mol.